The summed E-state index contributed by atoms with van der Waals surface area (Å²) in [5.41, 5.74) is 1.47. The van der Waals surface area contributed by atoms with Gasteiger partial charge in [0, 0.05) is 16.1 Å². The van der Waals surface area contributed by atoms with Crippen molar-refractivity contribution in [3.8, 4) is 0 Å². The highest BCUT2D eigenvalue weighted by atomic mass is 32.1. The maximum atomic E-state index is 13.2. The van der Waals surface area contributed by atoms with Gasteiger partial charge in [0.05, 0.1) is 0 Å². The third-order valence-electron chi connectivity index (χ3n) is 3.09. The fourth-order valence-corrected chi connectivity index (χ4v) is 3.58. The third kappa shape index (κ3) is 1.64. The average molecular weight is 235 g/mol. The number of hydrogen-bond donors (Lipinski definition) is 1. The predicted octanol–water partition coefficient (Wildman–Crippen LogP) is 3.64. The molecule has 0 aliphatic heterocycles. The molecular weight excluding hydrogens is 221 g/mol. The Morgan fingerprint density at radius 3 is 2.94 bits per heavy atom. The Morgan fingerprint density at radius 1 is 1.44 bits per heavy atom. The van der Waals surface area contributed by atoms with Gasteiger partial charge in [-0.1, -0.05) is 6.07 Å². The van der Waals surface area contributed by atoms with E-state index in [1.165, 1.54) is 28.7 Å². The van der Waals surface area contributed by atoms with E-state index < -0.39 is 0 Å². The fourth-order valence-electron chi connectivity index (χ4n) is 2.25. The Labute approximate surface area is 98.3 Å². The van der Waals surface area contributed by atoms with Crippen LogP contribution in [0.4, 0.5) is 4.39 Å². The molecule has 0 amide bonds. The fraction of sp³-hybridized carbons (Fsp3) is 0.385. The van der Waals surface area contributed by atoms with Crippen LogP contribution in [-0.4, -0.2) is 7.05 Å². The molecule has 1 nitrogen and oxygen atoms in total. The molecule has 0 radical (unpaired) electrons. The summed E-state index contributed by atoms with van der Waals surface area (Å²) >= 11 is 1.73. The minimum atomic E-state index is -0.132. The normalized spacial score (nSPS) is 15.9. The van der Waals surface area contributed by atoms with Gasteiger partial charge in [0.15, 0.2) is 0 Å². The third-order valence-corrected chi connectivity index (χ3v) is 4.26. The molecule has 16 heavy (non-hydrogen) atoms. The molecule has 0 atom stereocenters. The second-order valence-corrected chi connectivity index (χ2v) is 5.52. The lowest BCUT2D eigenvalue weighted by atomic mass is 10.1. The van der Waals surface area contributed by atoms with Gasteiger partial charge in [-0.2, -0.15) is 0 Å². The van der Waals surface area contributed by atoms with Crippen molar-refractivity contribution in [3.05, 3.63) is 34.5 Å². The van der Waals surface area contributed by atoms with Gasteiger partial charge < -0.3 is 5.32 Å². The molecule has 1 aromatic heterocycles. The van der Waals surface area contributed by atoms with Crippen LogP contribution in [0.15, 0.2) is 18.2 Å². The first kappa shape index (κ1) is 10.2. The van der Waals surface area contributed by atoms with Crippen molar-refractivity contribution in [2.45, 2.75) is 25.3 Å². The topological polar surface area (TPSA) is 12.0 Å². The molecule has 0 saturated heterocycles. The zero-order valence-corrected chi connectivity index (χ0v) is 10.0. The Kier molecular flexibility index (Phi) is 2.45. The lowest BCUT2D eigenvalue weighted by Crippen LogP contribution is -2.04. The number of fused-ring (bicyclic) bond motifs is 1. The number of thiophene rings is 1. The van der Waals surface area contributed by atoms with Gasteiger partial charge in [-0.25, -0.2) is 4.39 Å². The van der Waals surface area contributed by atoms with Gasteiger partial charge in [0.2, 0.25) is 0 Å². The van der Waals surface area contributed by atoms with E-state index in [0.29, 0.717) is 0 Å². The molecular formula is C13H14FNS. The second kappa shape index (κ2) is 3.82. The van der Waals surface area contributed by atoms with Gasteiger partial charge in [-0.15, -0.1) is 11.3 Å². The molecule has 3 rings (SSSR count). The summed E-state index contributed by atoms with van der Waals surface area (Å²) in [6.07, 6.45) is 2.58. The lowest BCUT2D eigenvalue weighted by Gasteiger charge is -2.01. The molecule has 1 saturated carbocycles. The SMILES string of the molecule is CNCc1sc2cc(F)ccc2c1C1CC1. The van der Waals surface area contributed by atoms with E-state index in [1.807, 2.05) is 13.1 Å². The second-order valence-electron chi connectivity index (χ2n) is 4.38. The molecule has 1 N–H and O–H groups in total. The quantitative estimate of drug-likeness (QED) is 0.856. The van der Waals surface area contributed by atoms with Crippen LogP contribution in [0.2, 0.25) is 0 Å². The van der Waals surface area contributed by atoms with E-state index in [4.69, 9.17) is 0 Å². The van der Waals surface area contributed by atoms with Crippen LogP contribution < -0.4 is 5.32 Å². The molecule has 3 heteroatoms. The molecule has 0 unspecified atom stereocenters. The standard InChI is InChI=1S/C13H14FNS/c1-15-7-12-13(8-2-3-8)10-5-4-9(14)6-11(10)16-12/h4-6,8,15H,2-3,7H2,1H3. The molecule has 1 aromatic carbocycles. The maximum absolute atomic E-state index is 13.2. The van der Waals surface area contributed by atoms with Crippen LogP contribution in [0.1, 0.15) is 29.2 Å². The molecule has 1 heterocycles. The van der Waals surface area contributed by atoms with Crippen LogP contribution in [0.3, 0.4) is 0 Å². The Hall–Kier alpha value is -0.930. The highest BCUT2D eigenvalue weighted by Crippen LogP contribution is 2.47. The van der Waals surface area contributed by atoms with Crippen molar-refractivity contribution < 1.29 is 4.39 Å². The molecule has 1 fully saturated rings. The highest BCUT2D eigenvalue weighted by molar-refractivity contribution is 7.19. The molecule has 0 bridgehead atoms. The summed E-state index contributed by atoms with van der Waals surface area (Å²) in [6, 6.07) is 5.17. The summed E-state index contributed by atoms with van der Waals surface area (Å²) in [7, 11) is 1.96. The van der Waals surface area contributed by atoms with E-state index in [-0.39, 0.29) is 5.82 Å². The van der Waals surface area contributed by atoms with Gasteiger partial charge in [-0.3, -0.25) is 0 Å². The minimum Gasteiger partial charge on any atom is -0.315 e. The van der Waals surface area contributed by atoms with Gasteiger partial charge >= 0.3 is 0 Å². The molecule has 1 aliphatic carbocycles. The largest absolute Gasteiger partial charge is 0.315 e. The van der Waals surface area contributed by atoms with Crippen LogP contribution in [0.5, 0.6) is 0 Å². The zero-order chi connectivity index (χ0) is 11.1. The maximum Gasteiger partial charge on any atom is 0.124 e. The molecule has 1 aliphatic rings. The summed E-state index contributed by atoms with van der Waals surface area (Å²) in [4.78, 5) is 1.38. The summed E-state index contributed by atoms with van der Waals surface area (Å²) in [5.74, 6) is 0.592. The van der Waals surface area contributed by atoms with E-state index in [1.54, 1.807) is 23.5 Å². The Bertz CT molecular complexity index is 528. The van der Waals surface area contributed by atoms with Crippen molar-refractivity contribution in [1.29, 1.82) is 0 Å². The van der Waals surface area contributed by atoms with Crippen LogP contribution in [0, 0.1) is 5.82 Å². The highest BCUT2D eigenvalue weighted by Gasteiger charge is 2.29. The van der Waals surface area contributed by atoms with Gasteiger partial charge in [0.1, 0.15) is 5.82 Å². The Balaban J connectivity index is 2.20. The van der Waals surface area contributed by atoms with Crippen LogP contribution in [-0.2, 0) is 6.54 Å². The zero-order valence-electron chi connectivity index (χ0n) is 9.22. The monoisotopic (exact) mass is 235 g/mol. The van der Waals surface area contributed by atoms with E-state index >= 15 is 0 Å². The first-order valence-electron chi connectivity index (χ1n) is 5.65. The van der Waals surface area contributed by atoms with Gasteiger partial charge in [0.25, 0.3) is 0 Å². The molecule has 0 spiro atoms. The van der Waals surface area contributed by atoms with Crippen LogP contribution in [0.25, 0.3) is 10.1 Å². The first-order valence-corrected chi connectivity index (χ1v) is 6.46. The smallest absolute Gasteiger partial charge is 0.124 e. The number of benzene rings is 1. The molecule has 2 aromatic rings. The minimum absolute atomic E-state index is 0.132. The van der Waals surface area contributed by atoms with Crippen molar-refractivity contribution in [2.24, 2.45) is 0 Å². The molecule has 84 valence electrons. The lowest BCUT2D eigenvalue weighted by molar-refractivity contribution is 0.630. The van der Waals surface area contributed by atoms with E-state index in [0.717, 1.165) is 17.2 Å². The number of rotatable bonds is 3. The first-order chi connectivity index (χ1) is 7.79. The van der Waals surface area contributed by atoms with Crippen molar-refractivity contribution >= 4 is 21.4 Å². The van der Waals surface area contributed by atoms with E-state index in [9.17, 15) is 4.39 Å². The summed E-state index contributed by atoms with van der Waals surface area (Å²) in [6.45, 7) is 0.896. The van der Waals surface area contributed by atoms with Crippen molar-refractivity contribution in [3.63, 3.8) is 0 Å². The number of hydrogen-bond acceptors (Lipinski definition) is 2. The average Bonchev–Trinajstić information content (AvgIpc) is 3.02. The predicted molar refractivity (Wildman–Crippen MR) is 66.5 cm³/mol. The van der Waals surface area contributed by atoms with Gasteiger partial charge in [-0.05, 0) is 48.9 Å². The van der Waals surface area contributed by atoms with Crippen molar-refractivity contribution in [2.75, 3.05) is 7.05 Å². The number of nitrogens with one attached hydrogen (secondary N) is 1. The summed E-state index contributed by atoms with van der Waals surface area (Å²) in [5, 5.41) is 4.46. The summed E-state index contributed by atoms with van der Waals surface area (Å²) < 4.78 is 14.3. The number of halogens is 1. The van der Waals surface area contributed by atoms with Crippen molar-refractivity contribution in [1.82, 2.24) is 5.32 Å². The Morgan fingerprint density at radius 2 is 2.25 bits per heavy atom. The van der Waals surface area contributed by atoms with E-state index in [2.05, 4.69) is 5.32 Å². The van der Waals surface area contributed by atoms with Crippen LogP contribution >= 0.6 is 11.3 Å².